The molecule has 15 nitrogen and oxygen atoms in total. The van der Waals surface area contributed by atoms with Crippen molar-refractivity contribution in [2.24, 2.45) is 35.2 Å². The minimum Gasteiger partial charge on any atom is -0.466 e. The van der Waals surface area contributed by atoms with Gasteiger partial charge in [0.05, 0.1) is 64.7 Å². The Morgan fingerprint density at radius 1 is 0.278 bits per heavy atom. The zero-order valence-electron chi connectivity index (χ0n) is 73.3. The number of para-hydroxylation sites is 1. The molecule has 10 heterocycles. The van der Waals surface area contributed by atoms with Gasteiger partial charge in [-0.25, -0.2) is 50.5 Å². The quantitative estimate of drug-likeness (QED) is 0.123. The van der Waals surface area contributed by atoms with Crippen molar-refractivity contribution in [3.63, 3.8) is 0 Å². The van der Waals surface area contributed by atoms with Gasteiger partial charge in [-0.2, -0.15) is 10.5 Å². The van der Waals surface area contributed by atoms with E-state index in [4.69, 9.17) is 41.8 Å². The molecule has 0 saturated heterocycles. The van der Waals surface area contributed by atoms with E-state index in [9.17, 15) is 23.7 Å². The maximum atomic E-state index is 14.0. The van der Waals surface area contributed by atoms with Crippen LogP contribution < -0.4 is 22.8 Å². The van der Waals surface area contributed by atoms with E-state index in [0.29, 0.717) is 50.2 Å². The van der Waals surface area contributed by atoms with Gasteiger partial charge >= 0.3 is 0 Å². The summed E-state index contributed by atoms with van der Waals surface area (Å²) in [7, 11) is 10.1. The summed E-state index contributed by atoms with van der Waals surface area (Å²) in [4.78, 5) is 9.99. The molecule has 0 bridgehead atoms. The number of furan rings is 5. The minimum absolute atomic E-state index is 0.0632. The summed E-state index contributed by atoms with van der Waals surface area (Å²) < 4.78 is 82.7. The van der Waals surface area contributed by atoms with E-state index in [1.807, 2.05) is 158 Å². The Morgan fingerprint density at radius 3 is 1.13 bits per heavy atom. The average molecular weight is 1660 g/mol. The molecule has 10 aromatic heterocycles. The second-order valence-corrected chi connectivity index (χ2v) is 32.7. The first-order valence-corrected chi connectivity index (χ1v) is 41.1. The van der Waals surface area contributed by atoms with Crippen LogP contribution in [0, 0.1) is 150 Å². The molecule has 10 aromatic carbocycles. The lowest BCUT2D eigenvalue weighted by Gasteiger charge is -2.09. The number of aryl methyl sites for hydroxylation is 18. The molecule has 0 unspecified atom stereocenters. The third kappa shape index (κ3) is 14.6. The van der Waals surface area contributed by atoms with Crippen LogP contribution in [0.1, 0.15) is 83.5 Å². The predicted octanol–water partition coefficient (Wildman–Crippen LogP) is 26.2. The van der Waals surface area contributed by atoms with Gasteiger partial charge in [-0.1, -0.05) is 84.9 Å². The Hall–Kier alpha value is -15.8. The highest BCUT2D eigenvalue weighted by Crippen LogP contribution is 2.47. The van der Waals surface area contributed by atoms with Crippen LogP contribution in [0.15, 0.2) is 229 Å². The molecule has 0 radical (unpaired) electrons. The number of rotatable bonds is 5. The first-order chi connectivity index (χ1) is 60.4. The smallest absolute Gasteiger partial charge is 0.264 e. The van der Waals surface area contributed by atoms with Crippen LogP contribution in [-0.4, -0.2) is 0 Å². The highest BCUT2D eigenvalue weighted by Gasteiger charge is 2.30. The zero-order chi connectivity index (χ0) is 89.4. The van der Waals surface area contributed by atoms with Crippen molar-refractivity contribution < 1.29 is 58.1 Å². The van der Waals surface area contributed by atoms with Gasteiger partial charge in [0.15, 0.2) is 36.6 Å². The van der Waals surface area contributed by atoms with Crippen LogP contribution in [0.25, 0.3) is 181 Å². The molecule has 0 amide bonds. The number of aromatic nitrogens is 5. The van der Waals surface area contributed by atoms with E-state index in [-0.39, 0.29) is 17.1 Å². The summed E-state index contributed by atoms with van der Waals surface area (Å²) in [6.07, 6.45) is 10.5. The van der Waals surface area contributed by atoms with Gasteiger partial charge in [0.2, 0.25) is 28.5 Å². The van der Waals surface area contributed by atoms with Crippen molar-refractivity contribution in [2.75, 3.05) is 0 Å². The van der Waals surface area contributed by atoms with Gasteiger partial charge in [-0.05, 0) is 195 Å². The summed E-state index contributed by atoms with van der Waals surface area (Å²) >= 11 is 0. The molecule has 20 aromatic rings. The predicted molar refractivity (Wildman–Crippen MR) is 491 cm³/mol. The van der Waals surface area contributed by atoms with Gasteiger partial charge < -0.3 is 22.1 Å². The second-order valence-electron chi connectivity index (χ2n) is 32.7. The number of pyridine rings is 5. The lowest BCUT2D eigenvalue weighted by Crippen LogP contribution is -2.31. The number of benzene rings is 10. The average Bonchev–Trinajstić information content (AvgIpc) is 1.61. The molecule has 0 saturated carbocycles. The van der Waals surface area contributed by atoms with Crippen molar-refractivity contribution in [3.05, 3.63) is 342 Å². The molecule has 20 rings (SSSR count). The molecule has 0 atom stereocenters. The Bertz CT molecular complexity index is 8200. The number of fused-ring (bicyclic) bond motifs is 15. The van der Waals surface area contributed by atoms with E-state index < -0.39 is 17.5 Å². The standard InChI is InChI=1S/C22H18FN2O.2C22H19N2O.2C21H16FN2O/c1-12-6-7-15-16-8-9-17(23)20(24-4)22(16)26-21(15)19(12)18-10-13(2)14(3)11-25(18)5;1-13-8-9-19-22(21-16(11-23)6-5-7-18(21)25-19)20(13)17-10-14(2)15(3)12-24(17)4;1-13-10-18(24(4)12-15(13)3)20-14(2)9-16(11-23)22-21(20)17-7-5-6-8-19(17)25-22;1-12-5-10-17(24(4)11-12)18-13(2)6-7-14-15-8-9-16(22)19(23-3)21(15)25-20(14)18;1-12-9-10-24(4)17(11-12)18-13(2)5-6-14-15-7-8-16(22)19(23-3)21(15)25-20(14)18/h6-11H,1-3,5H3;2*5-10,12H,1-4H3;2*5-11H,1-2,4H3/q5*+1. The summed E-state index contributed by atoms with van der Waals surface area (Å²) in [5.41, 5.74) is 32.7. The minimum atomic E-state index is -0.555. The van der Waals surface area contributed by atoms with Gasteiger partial charge in [0.25, 0.3) is 17.1 Å². The van der Waals surface area contributed by atoms with Gasteiger partial charge in [0, 0.05) is 113 Å². The summed E-state index contributed by atoms with van der Waals surface area (Å²) in [6, 6.07) is 60.1. The first kappa shape index (κ1) is 83.8. The van der Waals surface area contributed by atoms with Crippen molar-refractivity contribution >= 4 is 127 Å². The monoisotopic (exact) mass is 1660 g/mol. The SMILES string of the molecule is Cc1cc(-c2c(C)cc(C#N)c3oc4ccccc4c23)[n+](C)cc1C.Cc1cc(-c2c(C)ccc3oc4cccc(C#N)c4c23)[n+](C)cc1C.[C-]#[N+]c1c(F)ccc2c1oc1c(-c3cc(C)c(C)c[n+]3C)c(C)ccc12.[C-]#[N+]c1c(F)ccc2c1oc1c(-c3cc(C)cc[n+]3C)c(C)ccc12.[C-]#[N+]c1c(F)ccc2c1oc1c(-c3ccc(C)c[n+]3C)c(C)ccc12. The number of hydrogen-bond donors (Lipinski definition) is 0. The van der Waals surface area contributed by atoms with Crippen molar-refractivity contribution in [3.8, 4) is 68.4 Å². The molecular formula is C108H88F3N10O5+5. The molecule has 126 heavy (non-hydrogen) atoms. The second kappa shape index (κ2) is 33.2. The van der Waals surface area contributed by atoms with Crippen LogP contribution in [0.3, 0.4) is 0 Å². The normalized spacial score (nSPS) is 11.2. The number of nitrogens with zero attached hydrogens (tertiary/aromatic N) is 10. The molecule has 0 spiro atoms. The van der Waals surface area contributed by atoms with E-state index >= 15 is 0 Å². The van der Waals surface area contributed by atoms with Crippen molar-refractivity contribution in [1.82, 2.24) is 0 Å². The van der Waals surface area contributed by atoms with Gasteiger partial charge in [-0.3, -0.25) is 0 Å². The molecule has 18 heteroatoms. The maximum Gasteiger partial charge on any atom is 0.264 e. The number of hydrogen-bond acceptors (Lipinski definition) is 7. The fourth-order valence-corrected chi connectivity index (χ4v) is 17.4. The largest absolute Gasteiger partial charge is 0.466 e. The summed E-state index contributed by atoms with van der Waals surface area (Å²) in [6.45, 7) is 48.9. The molecule has 0 fully saturated rings. The van der Waals surface area contributed by atoms with Crippen LogP contribution >= 0.6 is 0 Å². The van der Waals surface area contributed by atoms with E-state index in [1.54, 1.807) is 18.2 Å². The molecule has 616 valence electrons. The Labute approximate surface area is 726 Å². The molecule has 0 aliphatic rings. The summed E-state index contributed by atoms with van der Waals surface area (Å²) in [5, 5.41) is 28.1. The molecule has 0 N–H and O–H groups in total. The van der Waals surface area contributed by atoms with Crippen LogP contribution in [-0.2, 0) is 35.2 Å². The molecule has 0 aliphatic carbocycles. The highest BCUT2D eigenvalue weighted by atomic mass is 19.1. The fraction of sp³-hybridized carbons (Fsp3) is 0.167. The topological polar surface area (TPSA) is 146 Å². The maximum absolute atomic E-state index is 14.0. The third-order valence-corrected chi connectivity index (χ3v) is 24.2. The fourth-order valence-electron chi connectivity index (χ4n) is 17.4. The lowest BCUT2D eigenvalue weighted by atomic mass is 9.94. The van der Waals surface area contributed by atoms with E-state index in [2.05, 4.69) is 188 Å². The Kier molecular flexibility index (Phi) is 22.1. The highest BCUT2D eigenvalue weighted by molar-refractivity contribution is 6.18. The Morgan fingerprint density at radius 2 is 0.667 bits per heavy atom. The summed E-state index contributed by atoms with van der Waals surface area (Å²) in [5.74, 6) is -1.66. The van der Waals surface area contributed by atoms with E-state index in [0.717, 1.165) is 160 Å². The number of halogens is 3. The molecule has 0 aliphatic heterocycles. The van der Waals surface area contributed by atoms with Gasteiger partial charge in [0.1, 0.15) is 109 Å². The van der Waals surface area contributed by atoms with Crippen LogP contribution in [0.2, 0.25) is 0 Å². The number of nitriles is 2. The van der Waals surface area contributed by atoms with Crippen LogP contribution in [0.4, 0.5) is 30.2 Å². The van der Waals surface area contributed by atoms with Crippen molar-refractivity contribution in [2.45, 2.75) is 90.0 Å². The zero-order valence-corrected chi connectivity index (χ0v) is 73.3. The third-order valence-electron chi connectivity index (χ3n) is 24.2. The Balaban J connectivity index is 0.000000116. The van der Waals surface area contributed by atoms with Crippen molar-refractivity contribution in [1.29, 1.82) is 10.5 Å². The molecular weight excluding hydrogens is 1570 g/mol. The van der Waals surface area contributed by atoms with E-state index in [1.165, 1.54) is 57.1 Å². The van der Waals surface area contributed by atoms with Gasteiger partial charge in [-0.15, -0.1) is 0 Å². The van der Waals surface area contributed by atoms with Crippen LogP contribution in [0.5, 0.6) is 0 Å². The lowest BCUT2D eigenvalue weighted by molar-refractivity contribution is -0.660. The first-order valence-electron chi connectivity index (χ1n) is 41.1.